The second-order valence-electron chi connectivity index (χ2n) is 4.86. The van der Waals surface area contributed by atoms with Gasteiger partial charge >= 0.3 is 0 Å². The summed E-state index contributed by atoms with van der Waals surface area (Å²) >= 11 is 6.21. The molecule has 2 heterocycles. The van der Waals surface area contributed by atoms with Crippen LogP contribution in [-0.4, -0.2) is 41.3 Å². The molecule has 2 N–H and O–H groups in total. The normalized spacial score (nSPS) is 19.5. The number of rotatable bonds is 5. The third-order valence-electron chi connectivity index (χ3n) is 3.42. The molecule has 1 saturated heterocycles. The van der Waals surface area contributed by atoms with Crippen LogP contribution in [0.15, 0.2) is 6.20 Å². The van der Waals surface area contributed by atoms with Crippen LogP contribution in [0.5, 0.6) is 0 Å². The molecule has 0 saturated carbocycles. The molecule has 0 amide bonds. The van der Waals surface area contributed by atoms with Crippen LogP contribution in [0.3, 0.4) is 0 Å². The number of nitrogens with zero attached hydrogens (tertiary/aromatic N) is 3. The molecule has 106 valence electrons. The van der Waals surface area contributed by atoms with Crippen molar-refractivity contribution in [1.29, 1.82) is 0 Å². The zero-order chi connectivity index (χ0) is 13.7. The predicted molar refractivity (Wildman–Crippen MR) is 77.8 cm³/mol. The van der Waals surface area contributed by atoms with Crippen LogP contribution in [0.1, 0.15) is 26.2 Å². The Bertz CT molecular complexity index is 414. The molecule has 1 aliphatic heterocycles. The summed E-state index contributed by atoms with van der Waals surface area (Å²) in [7, 11) is 0. The Labute approximate surface area is 119 Å². The molecule has 1 unspecified atom stereocenters. The quantitative estimate of drug-likeness (QED) is 0.868. The van der Waals surface area contributed by atoms with E-state index in [0.717, 1.165) is 38.3 Å². The number of hydrogen-bond donors (Lipinski definition) is 2. The maximum Gasteiger partial charge on any atom is 0.224 e. The number of halogens is 1. The van der Waals surface area contributed by atoms with E-state index in [9.17, 15) is 0 Å². The summed E-state index contributed by atoms with van der Waals surface area (Å²) in [6.45, 7) is 4.91. The number of nitrogens with one attached hydrogen (secondary N) is 1. The van der Waals surface area contributed by atoms with Gasteiger partial charge in [0.15, 0.2) is 5.82 Å². The van der Waals surface area contributed by atoms with E-state index in [0.29, 0.717) is 16.9 Å². The standard InChI is InChI=1S/C13H21ClN4O/c1-2-15-13-16-8-11(14)12(17-13)18-6-3-4-10(9-18)5-7-19/h8,10,19H,2-7,9H2,1H3,(H,15,16,17). The van der Waals surface area contributed by atoms with Gasteiger partial charge in [-0.3, -0.25) is 0 Å². The molecule has 6 heteroatoms. The largest absolute Gasteiger partial charge is 0.396 e. The average molecular weight is 285 g/mol. The molecular weight excluding hydrogens is 264 g/mol. The Balaban J connectivity index is 2.13. The minimum atomic E-state index is 0.249. The third kappa shape index (κ3) is 3.70. The van der Waals surface area contributed by atoms with Gasteiger partial charge in [0.25, 0.3) is 0 Å². The van der Waals surface area contributed by atoms with E-state index < -0.39 is 0 Å². The van der Waals surface area contributed by atoms with E-state index in [-0.39, 0.29) is 6.61 Å². The molecule has 0 spiro atoms. The molecular formula is C13H21ClN4O. The first kappa shape index (κ1) is 14.3. The molecule has 0 aromatic carbocycles. The molecule has 0 aliphatic carbocycles. The van der Waals surface area contributed by atoms with E-state index in [1.807, 2.05) is 6.92 Å². The highest BCUT2D eigenvalue weighted by Gasteiger charge is 2.22. The van der Waals surface area contributed by atoms with Gasteiger partial charge in [-0.25, -0.2) is 4.98 Å². The van der Waals surface area contributed by atoms with Crippen LogP contribution in [0.2, 0.25) is 5.02 Å². The molecule has 0 bridgehead atoms. The summed E-state index contributed by atoms with van der Waals surface area (Å²) in [6, 6.07) is 0. The second kappa shape index (κ2) is 6.91. The fraction of sp³-hybridized carbons (Fsp3) is 0.692. The van der Waals surface area contributed by atoms with Gasteiger partial charge in [-0.15, -0.1) is 0 Å². The first-order valence-corrected chi connectivity index (χ1v) is 7.24. The van der Waals surface area contributed by atoms with Crippen molar-refractivity contribution in [3.8, 4) is 0 Å². The smallest absolute Gasteiger partial charge is 0.224 e. The molecule has 1 fully saturated rings. The molecule has 0 radical (unpaired) electrons. The summed E-state index contributed by atoms with van der Waals surface area (Å²) in [4.78, 5) is 10.9. The predicted octanol–water partition coefficient (Wildman–Crippen LogP) is 2.16. The van der Waals surface area contributed by atoms with Crippen molar-refractivity contribution in [1.82, 2.24) is 9.97 Å². The van der Waals surface area contributed by atoms with Crippen molar-refractivity contribution in [2.45, 2.75) is 26.2 Å². The van der Waals surface area contributed by atoms with E-state index in [1.165, 1.54) is 6.42 Å². The van der Waals surface area contributed by atoms with Crippen LogP contribution in [0, 0.1) is 5.92 Å². The highest BCUT2D eigenvalue weighted by molar-refractivity contribution is 6.32. The Morgan fingerprint density at radius 3 is 3.16 bits per heavy atom. The van der Waals surface area contributed by atoms with E-state index in [1.54, 1.807) is 6.20 Å². The summed E-state index contributed by atoms with van der Waals surface area (Å²) in [5.41, 5.74) is 0. The Kier molecular flexibility index (Phi) is 5.22. The third-order valence-corrected chi connectivity index (χ3v) is 3.68. The van der Waals surface area contributed by atoms with E-state index >= 15 is 0 Å². The van der Waals surface area contributed by atoms with Gasteiger partial charge in [-0.2, -0.15) is 4.98 Å². The summed E-state index contributed by atoms with van der Waals surface area (Å²) < 4.78 is 0. The fourth-order valence-electron chi connectivity index (χ4n) is 2.50. The fourth-order valence-corrected chi connectivity index (χ4v) is 2.71. The lowest BCUT2D eigenvalue weighted by molar-refractivity contribution is 0.244. The van der Waals surface area contributed by atoms with E-state index in [2.05, 4.69) is 20.2 Å². The van der Waals surface area contributed by atoms with Crippen molar-refractivity contribution in [3.63, 3.8) is 0 Å². The average Bonchev–Trinajstić information content (AvgIpc) is 2.42. The SMILES string of the molecule is CCNc1ncc(Cl)c(N2CCCC(CCO)C2)n1. The van der Waals surface area contributed by atoms with Crippen molar-refractivity contribution < 1.29 is 5.11 Å². The van der Waals surface area contributed by atoms with Gasteiger partial charge in [0, 0.05) is 26.2 Å². The van der Waals surface area contributed by atoms with Gasteiger partial charge in [0.05, 0.1) is 6.20 Å². The van der Waals surface area contributed by atoms with Crippen molar-refractivity contribution in [2.75, 3.05) is 36.5 Å². The lowest BCUT2D eigenvalue weighted by Gasteiger charge is -2.33. The molecule has 1 aromatic heterocycles. The maximum absolute atomic E-state index is 9.06. The summed E-state index contributed by atoms with van der Waals surface area (Å²) in [6.07, 6.45) is 4.78. The van der Waals surface area contributed by atoms with Crippen molar-refractivity contribution in [3.05, 3.63) is 11.2 Å². The minimum Gasteiger partial charge on any atom is -0.396 e. The first-order chi connectivity index (χ1) is 9.24. The Morgan fingerprint density at radius 2 is 2.42 bits per heavy atom. The monoisotopic (exact) mass is 284 g/mol. The van der Waals surface area contributed by atoms with Gasteiger partial charge < -0.3 is 15.3 Å². The van der Waals surface area contributed by atoms with Gasteiger partial charge in [0.1, 0.15) is 5.02 Å². The summed E-state index contributed by atoms with van der Waals surface area (Å²) in [5.74, 6) is 1.94. The lowest BCUT2D eigenvalue weighted by Crippen LogP contribution is -2.36. The molecule has 1 aliphatic rings. The maximum atomic E-state index is 9.06. The van der Waals surface area contributed by atoms with Gasteiger partial charge in [-0.1, -0.05) is 11.6 Å². The number of aliphatic hydroxyl groups excluding tert-OH is 1. The Morgan fingerprint density at radius 1 is 1.58 bits per heavy atom. The first-order valence-electron chi connectivity index (χ1n) is 6.86. The van der Waals surface area contributed by atoms with E-state index in [4.69, 9.17) is 16.7 Å². The minimum absolute atomic E-state index is 0.249. The zero-order valence-electron chi connectivity index (χ0n) is 11.3. The number of piperidine rings is 1. The molecule has 19 heavy (non-hydrogen) atoms. The summed E-state index contributed by atoms with van der Waals surface area (Å²) in [5, 5.41) is 12.8. The molecule has 1 aromatic rings. The topological polar surface area (TPSA) is 61.3 Å². The lowest BCUT2D eigenvalue weighted by atomic mass is 9.95. The number of hydrogen-bond acceptors (Lipinski definition) is 5. The molecule has 1 atom stereocenters. The highest BCUT2D eigenvalue weighted by atomic mass is 35.5. The highest BCUT2D eigenvalue weighted by Crippen LogP contribution is 2.29. The molecule has 5 nitrogen and oxygen atoms in total. The zero-order valence-corrected chi connectivity index (χ0v) is 12.0. The second-order valence-corrected chi connectivity index (χ2v) is 5.27. The van der Waals surface area contributed by atoms with Crippen LogP contribution >= 0.6 is 11.6 Å². The van der Waals surface area contributed by atoms with Crippen LogP contribution in [-0.2, 0) is 0 Å². The number of aromatic nitrogens is 2. The van der Waals surface area contributed by atoms with Crippen LogP contribution in [0.4, 0.5) is 11.8 Å². The Hall–Kier alpha value is -1.07. The number of anilines is 2. The molecule has 2 rings (SSSR count). The number of aliphatic hydroxyl groups is 1. The van der Waals surface area contributed by atoms with Crippen molar-refractivity contribution in [2.24, 2.45) is 5.92 Å². The van der Waals surface area contributed by atoms with Crippen LogP contribution in [0.25, 0.3) is 0 Å². The van der Waals surface area contributed by atoms with Crippen LogP contribution < -0.4 is 10.2 Å². The van der Waals surface area contributed by atoms with Crippen molar-refractivity contribution >= 4 is 23.4 Å². The van der Waals surface area contributed by atoms with Gasteiger partial charge in [-0.05, 0) is 32.1 Å². The van der Waals surface area contributed by atoms with Gasteiger partial charge in [0.2, 0.25) is 5.95 Å².